The van der Waals surface area contributed by atoms with Gasteiger partial charge in [0, 0.05) is 6.61 Å². The van der Waals surface area contributed by atoms with Crippen molar-refractivity contribution in [2.24, 2.45) is 17.8 Å². The zero-order valence-corrected chi connectivity index (χ0v) is 11.3. The summed E-state index contributed by atoms with van der Waals surface area (Å²) in [7, 11) is 0. The monoisotopic (exact) mass is 256 g/mol. The minimum absolute atomic E-state index is 0.113. The standard InChI is InChI=1S/C14H24O4/c1-10(8-15)13-5-3-4-12-7-6-11(2)17-9-14(12,13)18-16/h6,10,12-13,15-16H,3-5,7-9H2,1-2H3/t10-,12?,13?,14+/m0/s1. The van der Waals surface area contributed by atoms with Crippen LogP contribution in [0.15, 0.2) is 11.8 Å². The lowest BCUT2D eigenvalue weighted by Gasteiger charge is -2.47. The molecular formula is C14H24O4. The third kappa shape index (κ3) is 2.29. The lowest BCUT2D eigenvalue weighted by Crippen LogP contribution is -2.55. The van der Waals surface area contributed by atoms with E-state index in [2.05, 4.69) is 6.08 Å². The first kappa shape index (κ1) is 13.8. The lowest BCUT2D eigenvalue weighted by molar-refractivity contribution is -0.370. The van der Waals surface area contributed by atoms with Crippen molar-refractivity contribution in [2.45, 2.75) is 45.1 Å². The van der Waals surface area contributed by atoms with Gasteiger partial charge >= 0.3 is 0 Å². The van der Waals surface area contributed by atoms with E-state index in [4.69, 9.17) is 9.62 Å². The summed E-state index contributed by atoms with van der Waals surface area (Å²) in [4.78, 5) is 4.98. The fraction of sp³-hybridized carbons (Fsp3) is 0.857. The van der Waals surface area contributed by atoms with Gasteiger partial charge in [-0.2, -0.15) is 0 Å². The number of aliphatic hydroxyl groups excluding tert-OH is 1. The molecule has 104 valence electrons. The maximum absolute atomic E-state index is 9.52. The Hall–Kier alpha value is -0.580. The van der Waals surface area contributed by atoms with Crippen molar-refractivity contribution in [1.29, 1.82) is 0 Å². The lowest BCUT2D eigenvalue weighted by atomic mass is 9.64. The van der Waals surface area contributed by atoms with Crippen LogP contribution in [-0.2, 0) is 9.62 Å². The van der Waals surface area contributed by atoms with Crippen LogP contribution in [0.25, 0.3) is 0 Å². The van der Waals surface area contributed by atoms with Crippen molar-refractivity contribution < 1.29 is 20.0 Å². The van der Waals surface area contributed by atoms with Crippen LogP contribution < -0.4 is 0 Å². The van der Waals surface area contributed by atoms with Gasteiger partial charge in [0.25, 0.3) is 0 Å². The molecule has 0 radical (unpaired) electrons. The van der Waals surface area contributed by atoms with Crippen LogP contribution in [0.5, 0.6) is 0 Å². The Morgan fingerprint density at radius 2 is 2.33 bits per heavy atom. The Labute approximate surface area is 109 Å². The smallest absolute Gasteiger partial charge is 0.143 e. The minimum Gasteiger partial charge on any atom is -0.495 e. The van der Waals surface area contributed by atoms with E-state index in [-0.39, 0.29) is 24.4 Å². The Kier molecular flexibility index (Phi) is 4.30. The van der Waals surface area contributed by atoms with E-state index in [1.54, 1.807) is 0 Å². The highest BCUT2D eigenvalue weighted by molar-refractivity contribution is 5.06. The number of rotatable bonds is 3. The van der Waals surface area contributed by atoms with Gasteiger partial charge in [0.1, 0.15) is 12.2 Å². The van der Waals surface area contributed by atoms with Crippen LogP contribution in [0.2, 0.25) is 0 Å². The number of fused-ring (bicyclic) bond motifs is 1. The molecule has 2 N–H and O–H groups in total. The van der Waals surface area contributed by atoms with Crippen LogP contribution in [0.4, 0.5) is 0 Å². The first-order chi connectivity index (χ1) is 8.64. The molecule has 1 heterocycles. The Morgan fingerprint density at radius 3 is 3.00 bits per heavy atom. The largest absolute Gasteiger partial charge is 0.495 e. The van der Waals surface area contributed by atoms with E-state index < -0.39 is 5.60 Å². The summed E-state index contributed by atoms with van der Waals surface area (Å²) in [5.41, 5.74) is -0.658. The summed E-state index contributed by atoms with van der Waals surface area (Å²) < 4.78 is 5.69. The van der Waals surface area contributed by atoms with Gasteiger partial charge in [0.2, 0.25) is 0 Å². The van der Waals surface area contributed by atoms with E-state index in [0.717, 1.165) is 31.4 Å². The van der Waals surface area contributed by atoms with Gasteiger partial charge < -0.3 is 9.84 Å². The second kappa shape index (κ2) is 5.59. The second-order valence-electron chi connectivity index (χ2n) is 5.78. The quantitative estimate of drug-likeness (QED) is 0.602. The molecule has 0 aromatic rings. The molecule has 0 bridgehead atoms. The molecule has 1 aliphatic carbocycles. The number of allylic oxidation sites excluding steroid dienone is 2. The van der Waals surface area contributed by atoms with Gasteiger partial charge in [-0.15, -0.1) is 0 Å². The SMILES string of the molecule is CC1=CCC2CCCC([C@@H](C)CO)[C@@]2(OO)CO1. The summed E-state index contributed by atoms with van der Waals surface area (Å²) in [6.07, 6.45) is 6.10. The molecule has 1 aliphatic heterocycles. The van der Waals surface area contributed by atoms with Crippen molar-refractivity contribution in [3.63, 3.8) is 0 Å². The number of ether oxygens (including phenoxy) is 1. The van der Waals surface area contributed by atoms with Crippen LogP contribution in [0.3, 0.4) is 0 Å². The van der Waals surface area contributed by atoms with Crippen molar-refractivity contribution >= 4 is 0 Å². The third-order valence-electron chi connectivity index (χ3n) is 4.75. The average Bonchev–Trinajstić information content (AvgIpc) is 2.58. The molecule has 1 saturated carbocycles. The molecule has 0 aromatic heterocycles. The molecule has 0 spiro atoms. The highest BCUT2D eigenvalue weighted by atomic mass is 17.1. The van der Waals surface area contributed by atoms with Gasteiger partial charge in [-0.25, -0.2) is 4.89 Å². The van der Waals surface area contributed by atoms with Crippen molar-refractivity contribution in [3.8, 4) is 0 Å². The molecule has 0 amide bonds. The summed E-state index contributed by atoms with van der Waals surface area (Å²) in [5.74, 6) is 1.43. The van der Waals surface area contributed by atoms with E-state index >= 15 is 0 Å². The topological polar surface area (TPSA) is 58.9 Å². The second-order valence-corrected chi connectivity index (χ2v) is 5.78. The molecular weight excluding hydrogens is 232 g/mol. The first-order valence-electron chi connectivity index (χ1n) is 6.87. The van der Waals surface area contributed by atoms with Crippen molar-refractivity contribution in [3.05, 3.63) is 11.8 Å². The van der Waals surface area contributed by atoms with Crippen LogP contribution in [0.1, 0.15) is 39.5 Å². The molecule has 2 unspecified atom stereocenters. The maximum atomic E-state index is 9.52. The highest BCUT2D eigenvalue weighted by Gasteiger charge is 2.52. The van der Waals surface area contributed by atoms with Gasteiger partial charge in [-0.1, -0.05) is 13.3 Å². The molecule has 2 aliphatic rings. The zero-order valence-electron chi connectivity index (χ0n) is 11.3. The molecule has 4 heteroatoms. The predicted octanol–water partition coefficient (Wildman–Crippen LogP) is 2.58. The maximum Gasteiger partial charge on any atom is 0.143 e. The molecule has 18 heavy (non-hydrogen) atoms. The Bertz CT molecular complexity index is 315. The fourth-order valence-electron chi connectivity index (χ4n) is 3.57. The summed E-state index contributed by atoms with van der Waals surface area (Å²) >= 11 is 0. The normalized spacial score (nSPS) is 38.1. The van der Waals surface area contributed by atoms with Crippen LogP contribution in [-0.4, -0.2) is 29.2 Å². The minimum atomic E-state index is -0.658. The predicted molar refractivity (Wildman–Crippen MR) is 67.9 cm³/mol. The zero-order chi connectivity index (χ0) is 13.2. The van der Waals surface area contributed by atoms with E-state index in [9.17, 15) is 10.4 Å². The van der Waals surface area contributed by atoms with Gasteiger partial charge in [0.05, 0.1) is 5.76 Å². The first-order valence-corrected chi connectivity index (χ1v) is 6.87. The van der Waals surface area contributed by atoms with Gasteiger partial charge in [-0.3, -0.25) is 5.26 Å². The summed E-state index contributed by atoms with van der Waals surface area (Å²) in [6, 6.07) is 0. The third-order valence-corrected chi connectivity index (χ3v) is 4.75. The molecule has 0 saturated heterocycles. The molecule has 4 nitrogen and oxygen atoms in total. The van der Waals surface area contributed by atoms with Crippen LogP contribution in [0, 0.1) is 17.8 Å². The Balaban J connectivity index is 2.27. The van der Waals surface area contributed by atoms with E-state index in [0.29, 0.717) is 6.61 Å². The molecule has 1 fully saturated rings. The van der Waals surface area contributed by atoms with Gasteiger partial charge in [0.15, 0.2) is 0 Å². The number of hydrogen-bond donors (Lipinski definition) is 2. The van der Waals surface area contributed by atoms with Crippen molar-refractivity contribution in [2.75, 3.05) is 13.2 Å². The molecule has 0 aromatic carbocycles. The Morgan fingerprint density at radius 1 is 1.56 bits per heavy atom. The van der Waals surface area contributed by atoms with Crippen LogP contribution >= 0.6 is 0 Å². The fourth-order valence-corrected chi connectivity index (χ4v) is 3.57. The van der Waals surface area contributed by atoms with Crippen molar-refractivity contribution in [1.82, 2.24) is 0 Å². The number of aliphatic hydroxyl groups is 1. The average molecular weight is 256 g/mol. The van der Waals surface area contributed by atoms with E-state index in [1.165, 1.54) is 0 Å². The highest BCUT2D eigenvalue weighted by Crippen LogP contribution is 2.47. The summed E-state index contributed by atoms with van der Waals surface area (Å²) in [6.45, 7) is 4.45. The van der Waals surface area contributed by atoms with E-state index in [1.807, 2.05) is 13.8 Å². The summed E-state index contributed by atoms with van der Waals surface area (Å²) in [5, 5.41) is 18.9. The molecule has 4 atom stereocenters. The van der Waals surface area contributed by atoms with Gasteiger partial charge in [-0.05, 0) is 50.0 Å². The number of hydrogen-bond acceptors (Lipinski definition) is 4. The molecule has 2 rings (SSSR count).